The van der Waals surface area contributed by atoms with Crippen LogP contribution in [0.15, 0.2) is 18.2 Å². The number of aryl methyl sites for hydroxylation is 1. The van der Waals surface area contributed by atoms with Crippen molar-refractivity contribution in [1.82, 2.24) is 5.32 Å². The van der Waals surface area contributed by atoms with Crippen LogP contribution in [0, 0.1) is 12.7 Å². The van der Waals surface area contributed by atoms with Crippen LogP contribution in [0.3, 0.4) is 0 Å². The second-order valence-corrected chi connectivity index (χ2v) is 4.91. The summed E-state index contributed by atoms with van der Waals surface area (Å²) >= 11 is 0. The zero-order valence-corrected chi connectivity index (χ0v) is 10.6. The van der Waals surface area contributed by atoms with Crippen molar-refractivity contribution in [3.63, 3.8) is 0 Å². The zero-order chi connectivity index (χ0) is 12.3. The lowest BCUT2D eigenvalue weighted by Gasteiger charge is -2.36. The predicted molar refractivity (Wildman–Crippen MR) is 66.7 cm³/mol. The monoisotopic (exact) mass is 237 g/mol. The fraction of sp³-hybridized carbons (Fsp3) is 0.571. The summed E-state index contributed by atoms with van der Waals surface area (Å²) in [5.74, 6) is -0.111. The van der Waals surface area contributed by atoms with Crippen molar-refractivity contribution in [2.45, 2.75) is 31.8 Å². The van der Waals surface area contributed by atoms with Gasteiger partial charge in [0, 0.05) is 13.5 Å². The van der Waals surface area contributed by atoms with Crippen molar-refractivity contribution >= 4 is 0 Å². The molecule has 1 aliphatic heterocycles. The molecule has 1 saturated heterocycles. The molecule has 0 atom stereocenters. The van der Waals surface area contributed by atoms with Gasteiger partial charge in [0.05, 0.1) is 5.60 Å². The molecule has 0 aliphatic carbocycles. The molecule has 94 valence electrons. The van der Waals surface area contributed by atoms with Gasteiger partial charge < -0.3 is 10.1 Å². The third kappa shape index (κ3) is 2.85. The van der Waals surface area contributed by atoms with E-state index in [0.717, 1.165) is 37.1 Å². The molecule has 1 aliphatic rings. The lowest BCUT2D eigenvalue weighted by molar-refractivity contribution is -0.0339. The van der Waals surface area contributed by atoms with Crippen molar-refractivity contribution in [2.24, 2.45) is 0 Å². The topological polar surface area (TPSA) is 21.3 Å². The van der Waals surface area contributed by atoms with E-state index in [-0.39, 0.29) is 11.4 Å². The summed E-state index contributed by atoms with van der Waals surface area (Å²) in [5.41, 5.74) is 1.53. The number of hydrogen-bond donors (Lipinski definition) is 1. The fourth-order valence-electron chi connectivity index (χ4n) is 2.48. The largest absolute Gasteiger partial charge is 0.378 e. The Morgan fingerprint density at radius 1 is 1.35 bits per heavy atom. The lowest BCUT2D eigenvalue weighted by atomic mass is 9.85. The van der Waals surface area contributed by atoms with E-state index in [1.165, 1.54) is 0 Å². The third-order valence-electron chi connectivity index (χ3n) is 3.67. The van der Waals surface area contributed by atoms with Crippen molar-refractivity contribution in [3.05, 3.63) is 35.1 Å². The highest BCUT2D eigenvalue weighted by Crippen LogP contribution is 2.28. The van der Waals surface area contributed by atoms with Crippen molar-refractivity contribution < 1.29 is 9.13 Å². The average Bonchev–Trinajstić information content (AvgIpc) is 2.34. The van der Waals surface area contributed by atoms with E-state index in [0.29, 0.717) is 6.42 Å². The number of benzene rings is 1. The lowest BCUT2D eigenvalue weighted by Crippen LogP contribution is -2.45. The van der Waals surface area contributed by atoms with Crippen molar-refractivity contribution in [3.8, 4) is 0 Å². The van der Waals surface area contributed by atoms with Crippen LogP contribution in [0.5, 0.6) is 0 Å². The van der Waals surface area contributed by atoms with Crippen LogP contribution in [0.25, 0.3) is 0 Å². The normalized spacial score (nSPS) is 19.2. The first kappa shape index (κ1) is 12.5. The standard InChI is InChI=1S/C14H20FNO/c1-11-3-4-12(13(15)9-11)10-14(17-2)5-7-16-8-6-14/h3-4,9,16H,5-8,10H2,1-2H3. The molecule has 1 aromatic rings. The predicted octanol–water partition coefficient (Wildman–Crippen LogP) is 2.45. The summed E-state index contributed by atoms with van der Waals surface area (Å²) in [7, 11) is 1.73. The van der Waals surface area contributed by atoms with Gasteiger partial charge >= 0.3 is 0 Å². The Labute approximate surface area is 102 Å². The van der Waals surface area contributed by atoms with Gasteiger partial charge in [-0.2, -0.15) is 0 Å². The minimum atomic E-state index is -0.193. The van der Waals surface area contributed by atoms with E-state index in [1.807, 2.05) is 19.1 Å². The van der Waals surface area contributed by atoms with Crippen molar-refractivity contribution in [2.75, 3.05) is 20.2 Å². The molecular weight excluding hydrogens is 217 g/mol. The van der Waals surface area contributed by atoms with Crippen LogP contribution >= 0.6 is 0 Å². The van der Waals surface area contributed by atoms with Gasteiger partial charge in [0.15, 0.2) is 0 Å². The average molecular weight is 237 g/mol. The highest BCUT2D eigenvalue weighted by Gasteiger charge is 2.32. The third-order valence-corrected chi connectivity index (χ3v) is 3.67. The second-order valence-electron chi connectivity index (χ2n) is 4.91. The molecule has 0 unspecified atom stereocenters. The first-order valence-electron chi connectivity index (χ1n) is 6.16. The molecule has 0 radical (unpaired) electrons. The molecule has 0 spiro atoms. The van der Waals surface area contributed by atoms with E-state index in [1.54, 1.807) is 13.2 Å². The highest BCUT2D eigenvalue weighted by molar-refractivity contribution is 5.25. The molecule has 0 aromatic heterocycles. The molecule has 2 nitrogen and oxygen atoms in total. The maximum atomic E-state index is 13.8. The molecule has 1 fully saturated rings. The molecule has 2 rings (SSSR count). The van der Waals surface area contributed by atoms with Gasteiger partial charge in [-0.25, -0.2) is 4.39 Å². The van der Waals surface area contributed by atoms with Gasteiger partial charge in [-0.3, -0.25) is 0 Å². The number of ether oxygens (including phenoxy) is 1. The van der Waals surface area contributed by atoms with Crippen LogP contribution in [0.4, 0.5) is 4.39 Å². The Kier molecular flexibility index (Phi) is 3.79. The highest BCUT2D eigenvalue weighted by atomic mass is 19.1. The number of hydrogen-bond acceptors (Lipinski definition) is 2. The maximum Gasteiger partial charge on any atom is 0.126 e. The van der Waals surface area contributed by atoms with Gasteiger partial charge in [-0.05, 0) is 50.0 Å². The fourth-order valence-corrected chi connectivity index (χ4v) is 2.48. The molecule has 1 aromatic carbocycles. The molecular formula is C14H20FNO. The SMILES string of the molecule is COC1(Cc2ccc(C)cc2F)CCNCC1. The summed E-state index contributed by atoms with van der Waals surface area (Å²) in [6, 6.07) is 5.44. The Hall–Kier alpha value is -0.930. The van der Waals surface area contributed by atoms with E-state index in [2.05, 4.69) is 5.32 Å². The van der Waals surface area contributed by atoms with Crippen LogP contribution < -0.4 is 5.32 Å². The summed E-state index contributed by atoms with van der Waals surface area (Å²) < 4.78 is 19.5. The molecule has 3 heteroatoms. The van der Waals surface area contributed by atoms with E-state index < -0.39 is 0 Å². The molecule has 1 heterocycles. The van der Waals surface area contributed by atoms with Gasteiger partial charge in [-0.15, -0.1) is 0 Å². The first-order valence-corrected chi connectivity index (χ1v) is 6.16. The minimum absolute atomic E-state index is 0.111. The van der Waals surface area contributed by atoms with Crippen LogP contribution in [-0.4, -0.2) is 25.8 Å². The molecule has 17 heavy (non-hydrogen) atoms. The molecule has 0 saturated carbocycles. The van der Waals surface area contributed by atoms with Crippen molar-refractivity contribution in [1.29, 1.82) is 0 Å². The number of nitrogens with one attached hydrogen (secondary N) is 1. The Morgan fingerprint density at radius 2 is 2.06 bits per heavy atom. The summed E-state index contributed by atoms with van der Waals surface area (Å²) in [6.07, 6.45) is 2.55. The Bertz CT molecular complexity index is 386. The van der Waals surface area contributed by atoms with E-state index in [4.69, 9.17) is 4.74 Å². The van der Waals surface area contributed by atoms with Gasteiger partial charge in [0.2, 0.25) is 0 Å². The number of methoxy groups -OCH3 is 1. The number of rotatable bonds is 3. The van der Waals surface area contributed by atoms with Gasteiger partial charge in [0.1, 0.15) is 5.82 Å². The van der Waals surface area contributed by atoms with Gasteiger partial charge in [-0.1, -0.05) is 12.1 Å². The smallest absolute Gasteiger partial charge is 0.126 e. The Balaban J connectivity index is 2.17. The summed E-state index contributed by atoms with van der Waals surface area (Å²) in [5, 5.41) is 3.31. The van der Waals surface area contributed by atoms with Gasteiger partial charge in [0.25, 0.3) is 0 Å². The van der Waals surface area contributed by atoms with Crippen LogP contribution in [0.2, 0.25) is 0 Å². The van der Waals surface area contributed by atoms with E-state index in [9.17, 15) is 4.39 Å². The van der Waals surface area contributed by atoms with E-state index >= 15 is 0 Å². The number of halogens is 1. The Morgan fingerprint density at radius 3 is 2.65 bits per heavy atom. The molecule has 0 amide bonds. The quantitative estimate of drug-likeness (QED) is 0.872. The minimum Gasteiger partial charge on any atom is -0.378 e. The first-order chi connectivity index (χ1) is 8.15. The maximum absolute atomic E-state index is 13.8. The van der Waals surface area contributed by atoms with Crippen LogP contribution in [0.1, 0.15) is 24.0 Å². The number of piperidine rings is 1. The molecule has 1 N–H and O–H groups in total. The second kappa shape index (κ2) is 5.15. The summed E-state index contributed by atoms with van der Waals surface area (Å²) in [6.45, 7) is 3.80. The zero-order valence-electron chi connectivity index (χ0n) is 10.6. The molecule has 0 bridgehead atoms. The summed E-state index contributed by atoms with van der Waals surface area (Å²) in [4.78, 5) is 0. The van der Waals surface area contributed by atoms with Crippen LogP contribution in [-0.2, 0) is 11.2 Å².